The Labute approximate surface area is 267 Å². The molecule has 216 valence electrons. The molecule has 0 unspecified atom stereocenters. The van der Waals surface area contributed by atoms with Crippen LogP contribution in [0.4, 0.5) is 17.1 Å². The molecule has 0 bridgehead atoms. The van der Waals surface area contributed by atoms with Gasteiger partial charge in [-0.25, -0.2) is 0 Å². The van der Waals surface area contributed by atoms with Gasteiger partial charge in [-0.2, -0.15) is 0 Å². The summed E-state index contributed by atoms with van der Waals surface area (Å²) in [6.07, 6.45) is 0. The van der Waals surface area contributed by atoms with Gasteiger partial charge in [0.25, 0.3) is 0 Å². The molecule has 0 aliphatic rings. The lowest BCUT2D eigenvalue weighted by molar-refractivity contribution is 0.669. The van der Waals surface area contributed by atoms with Gasteiger partial charge in [0.1, 0.15) is 11.2 Å². The van der Waals surface area contributed by atoms with Crippen molar-refractivity contribution in [2.24, 2.45) is 0 Å². The lowest BCUT2D eigenvalue weighted by Gasteiger charge is -2.28. The summed E-state index contributed by atoms with van der Waals surface area (Å²) in [5, 5.41) is 7.15. The molecule has 1 heterocycles. The normalized spacial score (nSPS) is 11.5. The zero-order valence-electron chi connectivity index (χ0n) is 25.1. The average Bonchev–Trinajstić information content (AvgIpc) is 3.49. The van der Waals surface area contributed by atoms with Crippen LogP contribution < -0.4 is 4.90 Å². The fourth-order valence-corrected chi connectivity index (χ4v) is 6.81. The van der Waals surface area contributed by atoms with Crippen molar-refractivity contribution >= 4 is 60.5 Å². The molecule has 2 nitrogen and oxygen atoms in total. The quantitative estimate of drug-likeness (QED) is 0.199. The van der Waals surface area contributed by atoms with Gasteiger partial charge in [-0.1, -0.05) is 121 Å². The first-order chi connectivity index (χ1) is 22.8. The molecule has 0 amide bonds. The Morgan fingerprint density at radius 3 is 1.78 bits per heavy atom. The molecule has 46 heavy (non-hydrogen) atoms. The third kappa shape index (κ3) is 4.43. The van der Waals surface area contributed by atoms with Crippen molar-refractivity contribution in [2.75, 3.05) is 4.90 Å². The second-order valence-electron chi connectivity index (χ2n) is 11.8. The van der Waals surface area contributed by atoms with Crippen molar-refractivity contribution in [1.82, 2.24) is 0 Å². The van der Waals surface area contributed by atoms with E-state index in [9.17, 15) is 0 Å². The van der Waals surface area contributed by atoms with Crippen LogP contribution in [0.15, 0.2) is 180 Å². The maximum Gasteiger partial charge on any atom is 0.136 e. The van der Waals surface area contributed by atoms with Crippen molar-refractivity contribution in [3.05, 3.63) is 176 Å². The van der Waals surface area contributed by atoms with Gasteiger partial charge in [0.15, 0.2) is 0 Å². The highest BCUT2D eigenvalue weighted by Gasteiger charge is 2.20. The molecular formula is C44H29NO. The van der Waals surface area contributed by atoms with E-state index < -0.39 is 0 Å². The van der Waals surface area contributed by atoms with Crippen molar-refractivity contribution in [1.29, 1.82) is 0 Å². The maximum absolute atomic E-state index is 6.46. The highest BCUT2D eigenvalue weighted by molar-refractivity contribution is 6.16. The van der Waals surface area contributed by atoms with Crippen LogP contribution in [0, 0.1) is 0 Å². The maximum atomic E-state index is 6.46. The van der Waals surface area contributed by atoms with Crippen LogP contribution in [-0.4, -0.2) is 0 Å². The molecule has 1 aromatic heterocycles. The molecule has 0 aliphatic carbocycles. The zero-order valence-corrected chi connectivity index (χ0v) is 25.1. The van der Waals surface area contributed by atoms with Crippen molar-refractivity contribution in [3.8, 4) is 22.3 Å². The molecule has 0 aliphatic heterocycles. The average molecular weight is 588 g/mol. The Morgan fingerprint density at radius 1 is 0.370 bits per heavy atom. The summed E-state index contributed by atoms with van der Waals surface area (Å²) in [5.74, 6) is 0. The van der Waals surface area contributed by atoms with Crippen molar-refractivity contribution in [2.45, 2.75) is 0 Å². The van der Waals surface area contributed by atoms with E-state index in [-0.39, 0.29) is 0 Å². The Morgan fingerprint density at radius 2 is 0.978 bits per heavy atom. The minimum Gasteiger partial charge on any atom is -0.456 e. The number of benzene rings is 8. The lowest BCUT2D eigenvalue weighted by atomic mass is 9.96. The molecule has 9 aromatic rings. The van der Waals surface area contributed by atoms with Gasteiger partial charge in [0.05, 0.1) is 5.69 Å². The first kappa shape index (κ1) is 26.3. The largest absolute Gasteiger partial charge is 0.456 e. The summed E-state index contributed by atoms with van der Waals surface area (Å²) in [4.78, 5) is 2.36. The number of furan rings is 1. The fraction of sp³-hybridized carbons (Fsp3) is 0. The van der Waals surface area contributed by atoms with E-state index in [1.807, 2.05) is 0 Å². The molecule has 0 fully saturated rings. The van der Waals surface area contributed by atoms with Crippen LogP contribution >= 0.6 is 0 Å². The van der Waals surface area contributed by atoms with Crippen LogP contribution in [0.25, 0.3) is 65.7 Å². The Balaban J connectivity index is 1.21. The van der Waals surface area contributed by atoms with Crippen LogP contribution in [0.2, 0.25) is 0 Å². The van der Waals surface area contributed by atoms with Crippen molar-refractivity contribution in [3.63, 3.8) is 0 Å². The molecule has 0 spiro atoms. The van der Waals surface area contributed by atoms with Gasteiger partial charge in [-0.15, -0.1) is 0 Å². The van der Waals surface area contributed by atoms with Gasteiger partial charge in [-0.05, 0) is 92.8 Å². The third-order valence-corrected chi connectivity index (χ3v) is 9.02. The van der Waals surface area contributed by atoms with Gasteiger partial charge in [0.2, 0.25) is 0 Å². The predicted molar refractivity (Wildman–Crippen MR) is 194 cm³/mol. The number of nitrogens with zero attached hydrogens (tertiary/aromatic N) is 1. The number of fused-ring (bicyclic) bond motifs is 5. The summed E-state index contributed by atoms with van der Waals surface area (Å²) >= 11 is 0. The number of rotatable bonds is 5. The van der Waals surface area contributed by atoms with Gasteiger partial charge in [-0.3, -0.25) is 0 Å². The minimum atomic E-state index is 0.892. The first-order valence-corrected chi connectivity index (χ1v) is 15.7. The van der Waals surface area contributed by atoms with E-state index in [1.54, 1.807) is 0 Å². The van der Waals surface area contributed by atoms with E-state index in [2.05, 4.69) is 181 Å². The lowest BCUT2D eigenvalue weighted by Crippen LogP contribution is -2.11. The number of anilines is 3. The Bertz CT molecular complexity index is 2530. The molecule has 0 saturated heterocycles. The first-order valence-electron chi connectivity index (χ1n) is 15.7. The monoisotopic (exact) mass is 587 g/mol. The van der Waals surface area contributed by atoms with Crippen molar-refractivity contribution < 1.29 is 4.42 Å². The summed E-state index contributed by atoms with van der Waals surface area (Å²) < 4.78 is 6.46. The van der Waals surface area contributed by atoms with Gasteiger partial charge in [0, 0.05) is 27.7 Å². The zero-order chi connectivity index (χ0) is 30.5. The molecular weight excluding hydrogens is 558 g/mol. The van der Waals surface area contributed by atoms with E-state index in [1.165, 1.54) is 32.7 Å². The summed E-state index contributed by atoms with van der Waals surface area (Å²) in [5.41, 5.74) is 9.80. The molecule has 0 radical (unpaired) electrons. The highest BCUT2D eigenvalue weighted by Crippen LogP contribution is 2.45. The smallest absolute Gasteiger partial charge is 0.136 e. The number of hydrogen-bond donors (Lipinski definition) is 0. The third-order valence-electron chi connectivity index (χ3n) is 9.02. The van der Waals surface area contributed by atoms with E-state index in [0.29, 0.717) is 0 Å². The molecule has 0 atom stereocenters. The van der Waals surface area contributed by atoms with E-state index >= 15 is 0 Å². The van der Waals surface area contributed by atoms with E-state index in [0.717, 1.165) is 50.1 Å². The predicted octanol–water partition coefficient (Wildman–Crippen LogP) is 12.7. The van der Waals surface area contributed by atoms with Gasteiger partial charge >= 0.3 is 0 Å². The molecule has 9 rings (SSSR count). The highest BCUT2D eigenvalue weighted by atomic mass is 16.3. The molecule has 0 N–H and O–H groups in total. The fourth-order valence-electron chi connectivity index (χ4n) is 6.81. The molecule has 8 aromatic carbocycles. The van der Waals surface area contributed by atoms with Crippen LogP contribution in [0.3, 0.4) is 0 Å². The van der Waals surface area contributed by atoms with Crippen LogP contribution in [0.1, 0.15) is 0 Å². The SMILES string of the molecule is c1ccc(N(c2ccc(-c3ccc4ccccc4c3)cc2)c2ccccc2-c2cccc3oc4cc5ccccc5cc4c23)cc1. The van der Waals surface area contributed by atoms with E-state index in [4.69, 9.17) is 4.42 Å². The summed E-state index contributed by atoms with van der Waals surface area (Å²) in [6.45, 7) is 0. The topological polar surface area (TPSA) is 16.4 Å². The van der Waals surface area contributed by atoms with Gasteiger partial charge < -0.3 is 9.32 Å². The molecule has 2 heteroatoms. The number of para-hydroxylation sites is 2. The Kier molecular flexibility index (Phi) is 6.17. The standard InChI is InChI=1S/C44H29NO/c1-2-15-36(16-3-1)45(37-25-23-31(24-26-37)35-22-21-30-11-4-5-12-32(30)27-35)41-19-9-8-17-38(41)39-18-10-20-42-44(39)40-28-33-13-6-7-14-34(33)29-43(40)46-42/h1-29H. The minimum absolute atomic E-state index is 0.892. The second kappa shape index (κ2) is 10.8. The van der Waals surface area contributed by atoms with Crippen LogP contribution in [0.5, 0.6) is 0 Å². The molecule has 0 saturated carbocycles. The summed E-state index contributed by atoms with van der Waals surface area (Å²) in [7, 11) is 0. The summed E-state index contributed by atoms with van der Waals surface area (Å²) in [6, 6.07) is 62.7. The Hall–Kier alpha value is -6.12. The number of hydrogen-bond acceptors (Lipinski definition) is 2. The van der Waals surface area contributed by atoms with Crippen LogP contribution in [-0.2, 0) is 0 Å². The second-order valence-corrected chi connectivity index (χ2v) is 11.8.